The van der Waals surface area contributed by atoms with Gasteiger partial charge in [-0.2, -0.15) is 0 Å². The van der Waals surface area contributed by atoms with Crippen molar-refractivity contribution in [2.45, 2.75) is 77.5 Å². The number of nitrogens with zero attached hydrogens (tertiary/aromatic N) is 3. The summed E-state index contributed by atoms with van der Waals surface area (Å²) in [6.07, 6.45) is 7.62. The molecule has 0 spiro atoms. The summed E-state index contributed by atoms with van der Waals surface area (Å²) in [5.74, 6) is 1.75. The Balaban J connectivity index is 0.00000420. The molecule has 2 saturated heterocycles. The lowest BCUT2D eigenvalue weighted by molar-refractivity contribution is -0.0721. The van der Waals surface area contributed by atoms with Crippen LogP contribution < -0.4 is 5.32 Å². The van der Waals surface area contributed by atoms with Gasteiger partial charge in [0, 0.05) is 32.3 Å². The number of likely N-dealkylation sites (tertiary alicyclic amines) is 1. The molecule has 2 rings (SSSR count). The number of piperidine rings is 1. The SMILES string of the molecule is CCNC(=NCC(CC(C)C)N(C)C)N1CCC(OCC2CCCCO2)CC1.I. The van der Waals surface area contributed by atoms with Gasteiger partial charge < -0.3 is 24.6 Å². The van der Waals surface area contributed by atoms with Crippen LogP contribution in [0.2, 0.25) is 0 Å². The highest BCUT2D eigenvalue weighted by Gasteiger charge is 2.24. The Morgan fingerprint density at radius 2 is 1.93 bits per heavy atom. The summed E-state index contributed by atoms with van der Waals surface area (Å²) in [7, 11) is 4.32. The van der Waals surface area contributed by atoms with Gasteiger partial charge in [-0.1, -0.05) is 13.8 Å². The van der Waals surface area contributed by atoms with Crippen molar-refractivity contribution in [2.75, 3.05) is 53.5 Å². The summed E-state index contributed by atoms with van der Waals surface area (Å²) in [6, 6.07) is 0.491. The Labute approximate surface area is 196 Å². The third kappa shape index (κ3) is 10.2. The molecule has 2 unspecified atom stereocenters. The van der Waals surface area contributed by atoms with Crippen molar-refractivity contribution in [2.24, 2.45) is 10.9 Å². The lowest BCUT2D eigenvalue weighted by atomic mass is 10.0. The summed E-state index contributed by atoms with van der Waals surface area (Å²) in [4.78, 5) is 9.70. The maximum absolute atomic E-state index is 6.17. The van der Waals surface area contributed by atoms with E-state index < -0.39 is 0 Å². The predicted molar refractivity (Wildman–Crippen MR) is 132 cm³/mol. The minimum atomic E-state index is 0. The topological polar surface area (TPSA) is 49.3 Å². The highest BCUT2D eigenvalue weighted by molar-refractivity contribution is 14.0. The molecule has 0 aromatic carbocycles. The third-order valence-corrected chi connectivity index (χ3v) is 5.79. The van der Waals surface area contributed by atoms with Crippen LogP contribution in [0.3, 0.4) is 0 Å². The normalized spacial score (nSPS) is 22.7. The first-order chi connectivity index (χ1) is 13.5. The van der Waals surface area contributed by atoms with Gasteiger partial charge in [0.25, 0.3) is 0 Å². The molecule has 172 valence electrons. The molecule has 1 N–H and O–H groups in total. The molecule has 2 heterocycles. The summed E-state index contributed by atoms with van der Waals surface area (Å²) >= 11 is 0. The van der Waals surface area contributed by atoms with E-state index in [2.05, 4.69) is 50.0 Å². The minimum absolute atomic E-state index is 0. The van der Waals surface area contributed by atoms with E-state index in [0.717, 1.165) is 64.6 Å². The summed E-state index contributed by atoms with van der Waals surface area (Å²) in [5.41, 5.74) is 0. The third-order valence-electron chi connectivity index (χ3n) is 5.79. The van der Waals surface area contributed by atoms with E-state index in [1.54, 1.807) is 0 Å². The molecule has 0 bridgehead atoms. The van der Waals surface area contributed by atoms with Gasteiger partial charge in [-0.25, -0.2) is 0 Å². The number of rotatable bonds is 9. The molecule has 2 fully saturated rings. The average molecular weight is 525 g/mol. The van der Waals surface area contributed by atoms with Gasteiger partial charge in [0.1, 0.15) is 0 Å². The second kappa shape index (κ2) is 14.8. The van der Waals surface area contributed by atoms with Gasteiger partial charge in [0.2, 0.25) is 0 Å². The number of ether oxygens (including phenoxy) is 2. The summed E-state index contributed by atoms with van der Waals surface area (Å²) in [5, 5.41) is 3.50. The second-order valence-electron chi connectivity index (χ2n) is 8.95. The fourth-order valence-corrected chi connectivity index (χ4v) is 4.03. The van der Waals surface area contributed by atoms with Crippen molar-refractivity contribution in [3.63, 3.8) is 0 Å². The van der Waals surface area contributed by atoms with E-state index in [0.29, 0.717) is 24.2 Å². The number of hydrogen-bond acceptors (Lipinski definition) is 4. The first-order valence-electron chi connectivity index (χ1n) is 11.4. The Hall–Kier alpha value is -0.120. The molecule has 0 aromatic heterocycles. The lowest BCUT2D eigenvalue weighted by Gasteiger charge is -2.35. The average Bonchev–Trinajstić information content (AvgIpc) is 2.69. The van der Waals surface area contributed by atoms with E-state index in [1.807, 2.05) is 0 Å². The molecule has 0 amide bonds. The van der Waals surface area contributed by atoms with E-state index >= 15 is 0 Å². The van der Waals surface area contributed by atoms with Crippen LogP contribution in [-0.4, -0.2) is 87.5 Å². The fraction of sp³-hybridized carbons (Fsp3) is 0.955. The van der Waals surface area contributed by atoms with Crippen LogP contribution in [0.4, 0.5) is 0 Å². The van der Waals surface area contributed by atoms with E-state index in [-0.39, 0.29) is 24.0 Å². The zero-order valence-corrected chi connectivity index (χ0v) is 21.7. The Morgan fingerprint density at radius 3 is 2.48 bits per heavy atom. The largest absolute Gasteiger partial charge is 0.376 e. The Bertz CT molecular complexity index is 448. The molecule has 2 aliphatic heterocycles. The first kappa shape index (κ1) is 26.9. The van der Waals surface area contributed by atoms with Gasteiger partial charge in [-0.15, -0.1) is 24.0 Å². The van der Waals surface area contributed by atoms with Gasteiger partial charge in [0.05, 0.1) is 25.4 Å². The van der Waals surface area contributed by atoms with Gasteiger partial charge >= 0.3 is 0 Å². The van der Waals surface area contributed by atoms with Crippen molar-refractivity contribution in [3.8, 4) is 0 Å². The number of nitrogens with one attached hydrogen (secondary N) is 1. The zero-order valence-electron chi connectivity index (χ0n) is 19.4. The molecule has 2 aliphatic rings. The number of aliphatic imine (C=N–C) groups is 1. The standard InChI is InChI=1S/C22H44N4O2.HI/c1-6-23-22(24-16-19(25(4)5)15-18(2)3)26-12-10-20(11-13-26)28-17-21-9-7-8-14-27-21;/h18-21H,6-17H2,1-5H3,(H,23,24);1H. The quantitative estimate of drug-likeness (QED) is 0.284. The van der Waals surface area contributed by atoms with Crippen molar-refractivity contribution in [1.82, 2.24) is 15.1 Å². The molecule has 0 saturated carbocycles. The number of hydrogen-bond donors (Lipinski definition) is 1. The second-order valence-corrected chi connectivity index (χ2v) is 8.95. The van der Waals surface area contributed by atoms with Crippen LogP contribution in [0, 0.1) is 5.92 Å². The molecular formula is C22H45IN4O2. The van der Waals surface area contributed by atoms with Crippen LogP contribution in [0.15, 0.2) is 4.99 Å². The van der Waals surface area contributed by atoms with Gasteiger partial charge in [-0.3, -0.25) is 4.99 Å². The zero-order chi connectivity index (χ0) is 20.4. The Kier molecular flexibility index (Phi) is 13.7. The van der Waals surface area contributed by atoms with E-state index in [4.69, 9.17) is 14.5 Å². The smallest absolute Gasteiger partial charge is 0.193 e. The van der Waals surface area contributed by atoms with Crippen molar-refractivity contribution in [1.29, 1.82) is 0 Å². The van der Waals surface area contributed by atoms with Gasteiger partial charge in [-0.05, 0) is 65.5 Å². The van der Waals surface area contributed by atoms with E-state index in [9.17, 15) is 0 Å². The minimum Gasteiger partial charge on any atom is -0.376 e. The highest BCUT2D eigenvalue weighted by atomic mass is 127. The van der Waals surface area contributed by atoms with Crippen LogP contribution in [0.5, 0.6) is 0 Å². The van der Waals surface area contributed by atoms with E-state index in [1.165, 1.54) is 19.3 Å². The number of guanidine groups is 1. The monoisotopic (exact) mass is 524 g/mol. The number of likely N-dealkylation sites (N-methyl/N-ethyl adjacent to an activating group) is 1. The van der Waals surface area contributed by atoms with Crippen LogP contribution in [0.1, 0.15) is 59.3 Å². The molecule has 0 aromatic rings. The Morgan fingerprint density at radius 1 is 1.21 bits per heavy atom. The number of halogens is 1. The maximum atomic E-state index is 6.17. The molecule has 2 atom stereocenters. The van der Waals surface area contributed by atoms with Crippen LogP contribution in [-0.2, 0) is 9.47 Å². The predicted octanol–water partition coefficient (Wildman–Crippen LogP) is 3.60. The summed E-state index contributed by atoms with van der Waals surface area (Å²) < 4.78 is 12.0. The molecule has 6 nitrogen and oxygen atoms in total. The van der Waals surface area contributed by atoms with Gasteiger partial charge in [0.15, 0.2) is 5.96 Å². The van der Waals surface area contributed by atoms with Crippen LogP contribution in [0.25, 0.3) is 0 Å². The highest BCUT2D eigenvalue weighted by Crippen LogP contribution is 2.18. The van der Waals surface area contributed by atoms with Crippen molar-refractivity contribution < 1.29 is 9.47 Å². The molecular weight excluding hydrogens is 479 g/mol. The maximum Gasteiger partial charge on any atom is 0.193 e. The molecule has 0 radical (unpaired) electrons. The summed E-state index contributed by atoms with van der Waals surface area (Å²) in [6.45, 7) is 12.2. The molecule has 29 heavy (non-hydrogen) atoms. The molecule has 7 heteroatoms. The first-order valence-corrected chi connectivity index (χ1v) is 11.4. The molecule has 0 aliphatic carbocycles. The van der Waals surface area contributed by atoms with Crippen LogP contribution >= 0.6 is 24.0 Å². The fourth-order valence-electron chi connectivity index (χ4n) is 4.03. The lowest BCUT2D eigenvalue weighted by Crippen LogP contribution is -2.48. The van der Waals surface area contributed by atoms with Crippen molar-refractivity contribution >= 4 is 29.9 Å². The van der Waals surface area contributed by atoms with Crippen molar-refractivity contribution in [3.05, 3.63) is 0 Å².